The topological polar surface area (TPSA) is 68.5 Å². The van der Waals surface area contributed by atoms with Gasteiger partial charge in [-0.15, -0.1) is 11.3 Å². The van der Waals surface area contributed by atoms with E-state index in [9.17, 15) is 0 Å². The van der Waals surface area contributed by atoms with Gasteiger partial charge < -0.3 is 5.32 Å². The molecule has 0 saturated carbocycles. The van der Waals surface area contributed by atoms with Crippen LogP contribution in [0.3, 0.4) is 0 Å². The molecule has 0 aliphatic carbocycles. The summed E-state index contributed by atoms with van der Waals surface area (Å²) in [6.07, 6.45) is 2.94. The lowest BCUT2D eigenvalue weighted by Crippen LogP contribution is -2.05. The van der Waals surface area contributed by atoms with Crippen molar-refractivity contribution in [3.05, 3.63) is 16.1 Å². The lowest BCUT2D eigenvalue weighted by atomic mass is 10.4. The molecule has 2 aromatic heterocycles. The van der Waals surface area contributed by atoms with Crippen molar-refractivity contribution in [2.24, 2.45) is 7.05 Å². The van der Waals surface area contributed by atoms with Crippen LogP contribution in [0.15, 0.2) is 6.20 Å². The molecular weight excluding hydrogens is 212 g/mol. The average Bonchev–Trinajstić information content (AvgIpc) is 2.84. The molecule has 0 atom stereocenters. The summed E-state index contributed by atoms with van der Waals surface area (Å²) in [6, 6.07) is 0. The van der Waals surface area contributed by atoms with Crippen LogP contribution in [0.25, 0.3) is 0 Å². The van der Waals surface area contributed by atoms with E-state index in [1.807, 2.05) is 6.20 Å². The van der Waals surface area contributed by atoms with Gasteiger partial charge in [0.05, 0.1) is 6.54 Å². The Kier molecular flexibility index (Phi) is 2.91. The Labute approximate surface area is 91.3 Å². The molecule has 1 N–H and O–H groups in total. The van der Waals surface area contributed by atoms with Crippen LogP contribution in [0.2, 0.25) is 0 Å². The first-order valence-corrected chi connectivity index (χ1v) is 5.51. The summed E-state index contributed by atoms with van der Waals surface area (Å²) in [7, 11) is 1.79. The molecule has 0 radical (unpaired) electrons. The second-order valence-corrected chi connectivity index (χ2v) is 4.25. The van der Waals surface area contributed by atoms with E-state index < -0.39 is 0 Å². The summed E-state index contributed by atoms with van der Waals surface area (Å²) in [5, 5.41) is 15.3. The molecule has 15 heavy (non-hydrogen) atoms. The zero-order chi connectivity index (χ0) is 10.7. The average molecular weight is 224 g/mol. The molecule has 0 aliphatic rings. The number of nitrogens with zero attached hydrogens (tertiary/aromatic N) is 5. The van der Waals surface area contributed by atoms with Gasteiger partial charge in [0.25, 0.3) is 0 Å². The van der Waals surface area contributed by atoms with Gasteiger partial charge >= 0.3 is 0 Å². The van der Waals surface area contributed by atoms with E-state index in [2.05, 4.69) is 32.7 Å². The largest absolute Gasteiger partial charge is 0.347 e. The molecule has 0 amide bonds. The smallest absolute Gasteiger partial charge is 0.242 e. The Morgan fingerprint density at radius 1 is 1.53 bits per heavy atom. The second-order valence-electron chi connectivity index (χ2n) is 3.05. The van der Waals surface area contributed by atoms with Crippen LogP contribution < -0.4 is 5.32 Å². The molecule has 7 heteroatoms. The maximum absolute atomic E-state index is 4.29. The van der Waals surface area contributed by atoms with E-state index in [0.717, 1.165) is 11.4 Å². The maximum atomic E-state index is 4.29. The highest BCUT2D eigenvalue weighted by Gasteiger charge is 2.03. The minimum Gasteiger partial charge on any atom is -0.347 e. The minimum absolute atomic E-state index is 0.656. The van der Waals surface area contributed by atoms with E-state index in [1.165, 1.54) is 4.88 Å². The Morgan fingerprint density at radius 3 is 3.00 bits per heavy atom. The van der Waals surface area contributed by atoms with Gasteiger partial charge in [0.15, 0.2) is 0 Å². The number of nitrogens with one attached hydrogen (secondary N) is 1. The Balaban J connectivity index is 1.96. The van der Waals surface area contributed by atoms with Gasteiger partial charge in [-0.2, -0.15) is 0 Å². The zero-order valence-electron chi connectivity index (χ0n) is 8.64. The number of thiazole rings is 1. The third kappa shape index (κ3) is 2.30. The van der Waals surface area contributed by atoms with Gasteiger partial charge in [0, 0.05) is 18.1 Å². The fourth-order valence-corrected chi connectivity index (χ4v) is 1.93. The van der Waals surface area contributed by atoms with Crippen LogP contribution in [0.4, 0.5) is 5.95 Å². The summed E-state index contributed by atoms with van der Waals surface area (Å²) >= 11 is 1.71. The summed E-state index contributed by atoms with van der Waals surface area (Å²) in [6.45, 7) is 2.79. The van der Waals surface area contributed by atoms with Crippen molar-refractivity contribution in [2.45, 2.75) is 19.9 Å². The summed E-state index contributed by atoms with van der Waals surface area (Å²) in [5.41, 5.74) is 0. The van der Waals surface area contributed by atoms with Crippen LogP contribution >= 0.6 is 11.3 Å². The molecule has 0 spiro atoms. The van der Waals surface area contributed by atoms with E-state index in [1.54, 1.807) is 23.1 Å². The van der Waals surface area contributed by atoms with Gasteiger partial charge in [0.1, 0.15) is 5.01 Å². The molecule has 0 aliphatic heterocycles. The number of aromatic nitrogens is 5. The van der Waals surface area contributed by atoms with Gasteiger partial charge in [-0.1, -0.05) is 12.0 Å². The van der Waals surface area contributed by atoms with Gasteiger partial charge in [-0.05, 0) is 16.8 Å². The normalized spacial score (nSPS) is 10.5. The highest BCUT2D eigenvalue weighted by atomic mass is 32.1. The van der Waals surface area contributed by atoms with E-state index >= 15 is 0 Å². The van der Waals surface area contributed by atoms with Crippen LogP contribution in [0.5, 0.6) is 0 Å². The first-order chi connectivity index (χ1) is 7.29. The van der Waals surface area contributed by atoms with Gasteiger partial charge in [-0.3, -0.25) is 0 Å². The Hall–Kier alpha value is -1.50. The van der Waals surface area contributed by atoms with Crippen molar-refractivity contribution in [1.82, 2.24) is 25.2 Å². The lowest BCUT2D eigenvalue weighted by molar-refractivity contribution is 0.712. The first-order valence-electron chi connectivity index (χ1n) is 4.69. The highest BCUT2D eigenvalue weighted by Crippen LogP contribution is 2.14. The predicted octanol–water partition coefficient (Wildman–Crippen LogP) is 0.841. The number of anilines is 1. The first kappa shape index (κ1) is 10.0. The van der Waals surface area contributed by atoms with Gasteiger partial charge in [-0.25, -0.2) is 9.67 Å². The molecule has 2 rings (SSSR count). The molecule has 2 heterocycles. The Bertz CT molecular complexity index is 434. The van der Waals surface area contributed by atoms with E-state index in [0.29, 0.717) is 12.5 Å². The molecule has 0 aromatic carbocycles. The van der Waals surface area contributed by atoms with Crippen molar-refractivity contribution in [3.63, 3.8) is 0 Å². The molecule has 6 nitrogen and oxygen atoms in total. The predicted molar refractivity (Wildman–Crippen MR) is 57.6 cm³/mol. The summed E-state index contributed by atoms with van der Waals surface area (Å²) < 4.78 is 1.59. The molecule has 0 unspecified atom stereocenters. The van der Waals surface area contributed by atoms with Gasteiger partial charge in [0.2, 0.25) is 5.95 Å². The van der Waals surface area contributed by atoms with Crippen LogP contribution in [0.1, 0.15) is 16.8 Å². The van der Waals surface area contributed by atoms with E-state index in [4.69, 9.17) is 0 Å². The minimum atomic E-state index is 0.656. The highest BCUT2D eigenvalue weighted by molar-refractivity contribution is 7.11. The molecular formula is C8H12N6S. The second kappa shape index (κ2) is 4.35. The molecule has 0 saturated heterocycles. The van der Waals surface area contributed by atoms with Crippen molar-refractivity contribution in [1.29, 1.82) is 0 Å². The number of hydrogen-bond donors (Lipinski definition) is 1. The quantitative estimate of drug-likeness (QED) is 0.833. The molecule has 0 fully saturated rings. The monoisotopic (exact) mass is 224 g/mol. The van der Waals surface area contributed by atoms with E-state index in [-0.39, 0.29) is 0 Å². The van der Waals surface area contributed by atoms with Crippen molar-refractivity contribution >= 4 is 17.3 Å². The standard InChI is InChI=1S/C8H12N6S/c1-3-6-4-9-7(15-6)5-10-8-11-12-13-14(8)2/h4H,3,5H2,1-2H3,(H,10,11,13). The zero-order valence-corrected chi connectivity index (χ0v) is 9.45. The number of hydrogen-bond acceptors (Lipinski definition) is 6. The SMILES string of the molecule is CCc1cnc(CNc2nnnn2C)s1. The number of tetrazole rings is 1. The van der Waals surface area contributed by atoms with Crippen molar-refractivity contribution < 1.29 is 0 Å². The van der Waals surface area contributed by atoms with Crippen LogP contribution in [-0.2, 0) is 20.0 Å². The Morgan fingerprint density at radius 2 is 2.40 bits per heavy atom. The third-order valence-corrected chi connectivity index (χ3v) is 3.11. The summed E-state index contributed by atoms with van der Waals surface area (Å²) in [4.78, 5) is 5.59. The maximum Gasteiger partial charge on any atom is 0.242 e. The fourth-order valence-electron chi connectivity index (χ4n) is 1.13. The summed E-state index contributed by atoms with van der Waals surface area (Å²) in [5.74, 6) is 0.656. The number of rotatable bonds is 4. The van der Waals surface area contributed by atoms with Crippen LogP contribution in [0, 0.1) is 0 Å². The fraction of sp³-hybridized carbons (Fsp3) is 0.500. The molecule has 80 valence electrons. The lowest BCUT2D eigenvalue weighted by Gasteiger charge is -1.99. The van der Waals surface area contributed by atoms with Crippen molar-refractivity contribution in [2.75, 3.05) is 5.32 Å². The molecule has 0 bridgehead atoms. The third-order valence-electron chi connectivity index (χ3n) is 1.97. The van der Waals surface area contributed by atoms with Crippen molar-refractivity contribution in [3.8, 4) is 0 Å². The number of aryl methyl sites for hydroxylation is 2. The van der Waals surface area contributed by atoms with Crippen LogP contribution in [-0.4, -0.2) is 25.2 Å². The molecule has 2 aromatic rings.